The molecule has 0 saturated carbocycles. The molecular formula is C10H15N2O8P. The van der Waals surface area contributed by atoms with Gasteiger partial charge in [0.15, 0.2) is 5.85 Å². The quantitative estimate of drug-likeness (QED) is 0.399. The Hall–Kier alpha value is -1.29. The zero-order chi connectivity index (χ0) is 15.9. The summed E-state index contributed by atoms with van der Waals surface area (Å²) in [6, 6.07) is 0. The highest BCUT2D eigenvalue weighted by molar-refractivity contribution is 7.52. The van der Waals surface area contributed by atoms with Crippen LogP contribution in [0.25, 0.3) is 0 Å². The zero-order valence-corrected chi connectivity index (χ0v) is 11.8. The van der Waals surface area contributed by atoms with Crippen molar-refractivity contribution in [2.45, 2.75) is 37.6 Å². The molecule has 2 heterocycles. The Morgan fingerprint density at radius 2 is 2.10 bits per heavy atom. The Morgan fingerprint density at radius 3 is 2.67 bits per heavy atom. The number of aromatic nitrogens is 2. The maximum Gasteiger partial charge on any atom is 0.356 e. The molecule has 1 fully saturated rings. The van der Waals surface area contributed by atoms with Gasteiger partial charge in [-0.25, -0.2) is 4.79 Å². The summed E-state index contributed by atoms with van der Waals surface area (Å²) in [7, 11) is -4.87. The van der Waals surface area contributed by atoms with Gasteiger partial charge in [0.25, 0.3) is 5.56 Å². The van der Waals surface area contributed by atoms with Crippen LogP contribution in [0, 0.1) is 6.92 Å². The van der Waals surface area contributed by atoms with E-state index in [2.05, 4.69) is 0 Å². The Kier molecular flexibility index (Phi) is 4.20. The summed E-state index contributed by atoms with van der Waals surface area (Å²) < 4.78 is 17.2. The van der Waals surface area contributed by atoms with Crippen molar-refractivity contribution in [2.24, 2.45) is 0 Å². The number of ether oxygens (including phenoxy) is 1. The van der Waals surface area contributed by atoms with Gasteiger partial charge in [-0.3, -0.25) is 18.9 Å². The second kappa shape index (κ2) is 5.48. The normalized spacial score (nSPS) is 27.8. The average molecular weight is 322 g/mol. The van der Waals surface area contributed by atoms with Gasteiger partial charge in [0.1, 0.15) is 12.3 Å². The van der Waals surface area contributed by atoms with Gasteiger partial charge in [0.2, 0.25) is 0 Å². The van der Waals surface area contributed by atoms with Crippen molar-refractivity contribution in [3.63, 3.8) is 0 Å². The van der Waals surface area contributed by atoms with E-state index in [0.29, 0.717) is 0 Å². The first-order valence-electron chi connectivity index (χ1n) is 6.00. The molecule has 1 saturated heterocycles. The lowest BCUT2D eigenvalue weighted by atomic mass is 10.2. The molecule has 0 amide bonds. The lowest BCUT2D eigenvalue weighted by molar-refractivity contribution is -0.0645. The predicted molar refractivity (Wildman–Crippen MR) is 68.6 cm³/mol. The van der Waals surface area contributed by atoms with Crippen molar-refractivity contribution in [2.75, 3.05) is 0 Å². The molecule has 1 aliphatic heterocycles. The van der Waals surface area contributed by atoms with Crippen LogP contribution in [0.2, 0.25) is 0 Å². The Bertz CT molecular complexity index is 691. The molecule has 1 unspecified atom stereocenters. The van der Waals surface area contributed by atoms with Crippen molar-refractivity contribution in [3.05, 3.63) is 32.6 Å². The summed E-state index contributed by atoms with van der Waals surface area (Å²) in [6.45, 7) is 1.46. The van der Waals surface area contributed by atoms with E-state index >= 15 is 0 Å². The number of aliphatic hydroxyl groups is 2. The molecule has 1 aliphatic rings. The Morgan fingerprint density at radius 1 is 1.48 bits per heavy atom. The molecule has 0 aliphatic carbocycles. The first-order valence-corrected chi connectivity index (χ1v) is 7.68. The van der Waals surface area contributed by atoms with E-state index in [0.717, 1.165) is 4.57 Å². The first kappa shape index (κ1) is 16.1. The van der Waals surface area contributed by atoms with E-state index < -0.39 is 43.1 Å². The molecule has 1 aromatic heterocycles. The number of hydrogen-bond donors (Lipinski definition) is 5. The number of aryl methyl sites for hydroxylation is 1. The number of aliphatic hydroxyl groups excluding tert-OH is 2. The van der Waals surface area contributed by atoms with E-state index in [-0.39, 0.29) is 12.0 Å². The number of aromatic amines is 1. The predicted octanol–water partition coefficient (Wildman–Crippen LogP) is -2.01. The molecule has 0 aromatic carbocycles. The minimum absolute atomic E-state index is 0.160. The van der Waals surface area contributed by atoms with Gasteiger partial charge >= 0.3 is 13.3 Å². The van der Waals surface area contributed by atoms with Crippen LogP contribution in [0.1, 0.15) is 18.2 Å². The fourth-order valence-electron chi connectivity index (χ4n) is 2.11. The van der Waals surface area contributed by atoms with E-state index in [1.165, 1.54) is 13.1 Å². The van der Waals surface area contributed by atoms with Crippen LogP contribution in [0.3, 0.4) is 0 Å². The molecular weight excluding hydrogens is 307 g/mol. The monoisotopic (exact) mass is 322 g/mol. The topological polar surface area (TPSA) is 162 Å². The zero-order valence-electron chi connectivity index (χ0n) is 10.9. The third kappa shape index (κ3) is 3.15. The summed E-state index contributed by atoms with van der Waals surface area (Å²) in [5, 5.41) is 19.2. The maximum absolute atomic E-state index is 11.7. The summed E-state index contributed by atoms with van der Waals surface area (Å²) in [5.74, 6) is -2.20. The number of nitrogens with one attached hydrogen (secondary N) is 1. The molecule has 21 heavy (non-hydrogen) atoms. The van der Waals surface area contributed by atoms with Crippen LogP contribution < -0.4 is 11.2 Å². The fraction of sp³-hybridized carbons (Fsp3) is 0.600. The number of hydrogen-bond acceptors (Lipinski definition) is 6. The lowest BCUT2D eigenvalue weighted by Gasteiger charge is -2.22. The molecule has 11 heteroatoms. The molecule has 10 nitrogen and oxygen atoms in total. The van der Waals surface area contributed by atoms with Crippen LogP contribution in [-0.2, 0) is 9.30 Å². The minimum Gasteiger partial charge on any atom is -0.390 e. The van der Waals surface area contributed by atoms with Crippen molar-refractivity contribution in [1.82, 2.24) is 9.55 Å². The standard InChI is InChI=1S/C10H15N2O8P/c1-4-3-12(10(16)11-8(4)14)6-2-5(13)7(20-6)9(15)21(17,18)19/h3,5-7,9,13,15H,2H2,1H3,(H,11,14,16)(H2,17,18,19)/t5-,6+,7-,9?/m0/s1. The number of H-pyrrole nitrogens is 1. The SMILES string of the molecule is Cc1cn([C@H]2C[C@H](O)[C@@H](C(O)P(=O)(O)O)O2)c(=O)[nH]c1=O. The second-order valence-corrected chi connectivity index (χ2v) is 6.55. The summed E-state index contributed by atoms with van der Waals surface area (Å²) in [4.78, 5) is 42.8. The summed E-state index contributed by atoms with van der Waals surface area (Å²) in [6.07, 6.45) is -2.89. The molecule has 5 N–H and O–H groups in total. The van der Waals surface area contributed by atoms with Crippen LogP contribution in [0.5, 0.6) is 0 Å². The van der Waals surface area contributed by atoms with Crippen LogP contribution in [-0.4, -0.2) is 47.6 Å². The number of rotatable bonds is 3. The first-order chi connectivity index (χ1) is 9.61. The second-order valence-electron chi connectivity index (χ2n) is 4.84. The molecule has 1 aromatic rings. The Labute approximate surface area is 117 Å². The van der Waals surface area contributed by atoms with Crippen LogP contribution in [0.15, 0.2) is 15.8 Å². The lowest BCUT2D eigenvalue weighted by Crippen LogP contribution is -2.35. The third-order valence-corrected chi connectivity index (χ3v) is 4.21. The highest BCUT2D eigenvalue weighted by atomic mass is 31.2. The molecule has 0 spiro atoms. The summed E-state index contributed by atoms with van der Waals surface area (Å²) >= 11 is 0. The molecule has 0 radical (unpaired) electrons. The maximum atomic E-state index is 11.7. The van der Waals surface area contributed by atoms with Crippen LogP contribution >= 0.6 is 7.60 Å². The third-order valence-electron chi connectivity index (χ3n) is 3.23. The van der Waals surface area contributed by atoms with Gasteiger partial charge in [-0.1, -0.05) is 0 Å². The van der Waals surface area contributed by atoms with Crippen LogP contribution in [0.4, 0.5) is 0 Å². The molecule has 4 atom stereocenters. The largest absolute Gasteiger partial charge is 0.390 e. The van der Waals surface area contributed by atoms with Gasteiger partial charge in [-0.05, 0) is 6.92 Å². The van der Waals surface area contributed by atoms with E-state index in [9.17, 15) is 24.4 Å². The van der Waals surface area contributed by atoms with Crippen molar-refractivity contribution in [1.29, 1.82) is 0 Å². The van der Waals surface area contributed by atoms with Crippen molar-refractivity contribution in [3.8, 4) is 0 Å². The molecule has 2 rings (SSSR count). The molecule has 0 bridgehead atoms. The highest BCUT2D eigenvalue weighted by Gasteiger charge is 2.46. The fourth-order valence-corrected chi connectivity index (χ4v) is 2.76. The van der Waals surface area contributed by atoms with Gasteiger partial charge in [0, 0.05) is 18.2 Å². The van der Waals surface area contributed by atoms with Gasteiger partial charge < -0.3 is 24.7 Å². The highest BCUT2D eigenvalue weighted by Crippen LogP contribution is 2.46. The smallest absolute Gasteiger partial charge is 0.356 e. The van der Waals surface area contributed by atoms with Crippen molar-refractivity contribution >= 4 is 7.60 Å². The van der Waals surface area contributed by atoms with E-state index in [1.807, 2.05) is 4.98 Å². The Balaban J connectivity index is 2.30. The van der Waals surface area contributed by atoms with Gasteiger partial charge in [0.05, 0.1) is 6.10 Å². The van der Waals surface area contributed by atoms with Gasteiger partial charge in [-0.15, -0.1) is 0 Å². The molecule has 118 valence electrons. The average Bonchev–Trinajstić information content (AvgIpc) is 2.73. The van der Waals surface area contributed by atoms with Gasteiger partial charge in [-0.2, -0.15) is 0 Å². The van der Waals surface area contributed by atoms with Crippen molar-refractivity contribution < 1.29 is 29.3 Å². The number of nitrogens with zero attached hydrogens (tertiary/aromatic N) is 1. The minimum atomic E-state index is -4.87. The summed E-state index contributed by atoms with van der Waals surface area (Å²) in [5.41, 5.74) is -1.12. The van der Waals surface area contributed by atoms with E-state index in [4.69, 9.17) is 14.5 Å². The van der Waals surface area contributed by atoms with E-state index in [1.54, 1.807) is 0 Å².